The maximum Gasteiger partial charge on any atom is 0.0850 e. The van der Waals surface area contributed by atoms with Crippen molar-refractivity contribution < 1.29 is 9.47 Å². The van der Waals surface area contributed by atoms with Gasteiger partial charge in [-0.2, -0.15) is 0 Å². The lowest BCUT2D eigenvalue weighted by atomic mass is 9.95. The second kappa shape index (κ2) is 4.08. The van der Waals surface area contributed by atoms with Crippen molar-refractivity contribution in [1.29, 1.82) is 0 Å². The van der Waals surface area contributed by atoms with E-state index in [1.807, 2.05) is 0 Å². The zero-order valence-corrected chi connectivity index (χ0v) is 10.3. The Bertz CT molecular complexity index is 530. The number of epoxide rings is 2. The Morgan fingerprint density at radius 2 is 1.22 bits per heavy atom. The van der Waals surface area contributed by atoms with Gasteiger partial charge in [-0.05, 0) is 21.9 Å². The van der Waals surface area contributed by atoms with Gasteiger partial charge in [-0.3, -0.25) is 0 Å². The molecule has 2 aromatic carbocycles. The predicted molar refractivity (Wildman–Crippen MR) is 70.8 cm³/mol. The Labute approximate surface area is 107 Å². The van der Waals surface area contributed by atoms with Crippen molar-refractivity contribution in [3.63, 3.8) is 0 Å². The zero-order valence-electron chi connectivity index (χ0n) is 10.3. The van der Waals surface area contributed by atoms with Crippen molar-refractivity contribution in [2.45, 2.75) is 25.0 Å². The van der Waals surface area contributed by atoms with Crippen LogP contribution in [-0.2, 0) is 22.3 Å². The standard InChI is InChI=1S/C16H16O2/c1-2-4-16-12(8-14-10-18-14)6-5-11(15(16)3-1)7-13-9-17-13/h1-6,13-14H,7-10H2. The van der Waals surface area contributed by atoms with Crippen molar-refractivity contribution >= 4 is 10.8 Å². The van der Waals surface area contributed by atoms with Gasteiger partial charge in [0.1, 0.15) is 0 Å². The molecule has 0 aromatic heterocycles. The summed E-state index contributed by atoms with van der Waals surface area (Å²) in [6.45, 7) is 1.85. The van der Waals surface area contributed by atoms with Crippen LogP contribution in [0.4, 0.5) is 0 Å². The summed E-state index contributed by atoms with van der Waals surface area (Å²) in [6.07, 6.45) is 2.98. The zero-order chi connectivity index (χ0) is 11.9. The maximum atomic E-state index is 5.35. The largest absolute Gasteiger partial charge is 0.373 e. The van der Waals surface area contributed by atoms with Crippen LogP contribution >= 0.6 is 0 Å². The molecule has 0 bridgehead atoms. The van der Waals surface area contributed by atoms with E-state index in [1.165, 1.54) is 21.9 Å². The summed E-state index contributed by atoms with van der Waals surface area (Å²) in [4.78, 5) is 0. The fraction of sp³-hybridized carbons (Fsp3) is 0.375. The summed E-state index contributed by atoms with van der Waals surface area (Å²) in [5, 5.41) is 2.76. The average molecular weight is 240 g/mol. The van der Waals surface area contributed by atoms with Gasteiger partial charge in [0.15, 0.2) is 0 Å². The van der Waals surface area contributed by atoms with Crippen LogP contribution in [0.2, 0.25) is 0 Å². The van der Waals surface area contributed by atoms with Gasteiger partial charge >= 0.3 is 0 Å². The summed E-state index contributed by atoms with van der Waals surface area (Å²) >= 11 is 0. The molecule has 0 aliphatic carbocycles. The fourth-order valence-electron chi connectivity index (χ4n) is 2.64. The van der Waals surface area contributed by atoms with Crippen molar-refractivity contribution in [2.75, 3.05) is 13.2 Å². The first-order chi connectivity index (χ1) is 8.90. The molecule has 18 heavy (non-hydrogen) atoms. The molecule has 0 amide bonds. The predicted octanol–water partition coefficient (Wildman–Crippen LogP) is 2.72. The molecule has 0 spiro atoms. The molecule has 0 N–H and O–H groups in total. The lowest BCUT2D eigenvalue weighted by Crippen LogP contribution is -1.99. The van der Waals surface area contributed by atoms with Crippen molar-refractivity contribution in [3.05, 3.63) is 47.5 Å². The number of fused-ring (bicyclic) bond motifs is 1. The van der Waals surface area contributed by atoms with E-state index in [-0.39, 0.29) is 0 Å². The van der Waals surface area contributed by atoms with Crippen LogP contribution in [0, 0.1) is 0 Å². The first-order valence-electron chi connectivity index (χ1n) is 6.63. The Balaban J connectivity index is 1.78. The van der Waals surface area contributed by atoms with Crippen LogP contribution < -0.4 is 0 Å². The monoisotopic (exact) mass is 240 g/mol. The van der Waals surface area contributed by atoms with E-state index in [0.29, 0.717) is 12.2 Å². The molecule has 92 valence electrons. The van der Waals surface area contributed by atoms with Crippen molar-refractivity contribution in [3.8, 4) is 0 Å². The van der Waals surface area contributed by atoms with E-state index in [1.54, 1.807) is 0 Å². The molecule has 2 fully saturated rings. The lowest BCUT2D eigenvalue weighted by molar-refractivity contribution is 0.407. The molecule has 2 saturated heterocycles. The molecule has 4 rings (SSSR count). The van der Waals surface area contributed by atoms with E-state index in [4.69, 9.17) is 9.47 Å². The van der Waals surface area contributed by atoms with E-state index in [0.717, 1.165) is 26.1 Å². The molecule has 0 saturated carbocycles. The second-order valence-corrected chi connectivity index (χ2v) is 5.25. The molecule has 2 aromatic rings. The van der Waals surface area contributed by atoms with Crippen LogP contribution in [0.3, 0.4) is 0 Å². The van der Waals surface area contributed by atoms with E-state index in [9.17, 15) is 0 Å². The highest BCUT2D eigenvalue weighted by molar-refractivity contribution is 5.88. The Morgan fingerprint density at radius 3 is 1.61 bits per heavy atom. The minimum atomic E-state index is 0.450. The molecule has 0 radical (unpaired) electrons. The third-order valence-corrected chi connectivity index (χ3v) is 3.80. The summed E-state index contributed by atoms with van der Waals surface area (Å²) in [7, 11) is 0. The van der Waals surface area contributed by atoms with Gasteiger partial charge in [0.05, 0.1) is 25.4 Å². The first-order valence-corrected chi connectivity index (χ1v) is 6.63. The summed E-state index contributed by atoms with van der Waals surface area (Å²) < 4.78 is 10.7. The molecule has 2 unspecified atom stereocenters. The normalized spacial score (nSPS) is 25.3. The van der Waals surface area contributed by atoms with E-state index in [2.05, 4.69) is 36.4 Å². The Kier molecular flexibility index (Phi) is 2.39. The molecular weight excluding hydrogens is 224 g/mol. The summed E-state index contributed by atoms with van der Waals surface area (Å²) in [5.74, 6) is 0. The van der Waals surface area contributed by atoms with E-state index >= 15 is 0 Å². The minimum absolute atomic E-state index is 0.450. The SMILES string of the molecule is c1ccc2c(CC3CO3)ccc(CC3CO3)c2c1. The molecular formula is C16H16O2. The van der Waals surface area contributed by atoms with Crippen LogP contribution in [0.15, 0.2) is 36.4 Å². The van der Waals surface area contributed by atoms with Crippen LogP contribution in [0.1, 0.15) is 11.1 Å². The number of benzene rings is 2. The minimum Gasteiger partial charge on any atom is -0.373 e. The maximum absolute atomic E-state index is 5.35. The van der Waals surface area contributed by atoms with E-state index < -0.39 is 0 Å². The Hall–Kier alpha value is -1.38. The number of rotatable bonds is 4. The lowest BCUT2D eigenvalue weighted by Gasteiger charge is -2.10. The fourth-order valence-corrected chi connectivity index (χ4v) is 2.64. The molecule has 2 heterocycles. The topological polar surface area (TPSA) is 25.1 Å². The number of hydrogen-bond donors (Lipinski definition) is 0. The number of ether oxygens (including phenoxy) is 2. The third-order valence-electron chi connectivity index (χ3n) is 3.80. The van der Waals surface area contributed by atoms with Gasteiger partial charge in [-0.15, -0.1) is 0 Å². The summed E-state index contributed by atoms with van der Waals surface area (Å²) in [6, 6.07) is 13.2. The third kappa shape index (κ3) is 2.02. The number of hydrogen-bond acceptors (Lipinski definition) is 2. The molecule has 2 nitrogen and oxygen atoms in total. The quantitative estimate of drug-likeness (QED) is 0.768. The average Bonchev–Trinajstić information content (AvgIpc) is 3.27. The Morgan fingerprint density at radius 1 is 0.778 bits per heavy atom. The van der Waals surface area contributed by atoms with Gasteiger partial charge < -0.3 is 9.47 Å². The van der Waals surface area contributed by atoms with Gasteiger partial charge in [0.2, 0.25) is 0 Å². The molecule has 2 aliphatic heterocycles. The van der Waals surface area contributed by atoms with Gasteiger partial charge in [-0.1, -0.05) is 36.4 Å². The van der Waals surface area contributed by atoms with Gasteiger partial charge in [-0.25, -0.2) is 0 Å². The highest BCUT2D eigenvalue weighted by atomic mass is 16.6. The van der Waals surface area contributed by atoms with Crippen molar-refractivity contribution in [1.82, 2.24) is 0 Å². The van der Waals surface area contributed by atoms with Gasteiger partial charge in [0.25, 0.3) is 0 Å². The molecule has 2 atom stereocenters. The highest BCUT2D eigenvalue weighted by Gasteiger charge is 2.25. The molecule has 2 heteroatoms. The van der Waals surface area contributed by atoms with Gasteiger partial charge in [0, 0.05) is 12.8 Å². The van der Waals surface area contributed by atoms with Crippen LogP contribution in [0.25, 0.3) is 10.8 Å². The molecule has 2 aliphatic rings. The first kappa shape index (κ1) is 10.5. The van der Waals surface area contributed by atoms with Crippen LogP contribution in [-0.4, -0.2) is 25.4 Å². The smallest absolute Gasteiger partial charge is 0.0850 e. The second-order valence-electron chi connectivity index (χ2n) is 5.25. The van der Waals surface area contributed by atoms with Crippen molar-refractivity contribution in [2.24, 2.45) is 0 Å². The highest BCUT2D eigenvalue weighted by Crippen LogP contribution is 2.29. The summed E-state index contributed by atoms with van der Waals surface area (Å²) in [5.41, 5.74) is 2.82. The van der Waals surface area contributed by atoms with Crippen LogP contribution in [0.5, 0.6) is 0 Å².